The number of carbonyl (C=O) groups is 2. The predicted octanol–water partition coefficient (Wildman–Crippen LogP) is 0.915. The Morgan fingerprint density at radius 2 is 2.18 bits per heavy atom. The zero-order chi connectivity index (χ0) is 13.1. The molecule has 1 aliphatic rings. The van der Waals surface area contributed by atoms with Gasteiger partial charge in [-0.15, -0.1) is 6.42 Å². The number of carbonyl (C=O) groups excluding carboxylic acids is 2. The van der Waals surface area contributed by atoms with Crippen LogP contribution in [0.3, 0.4) is 0 Å². The summed E-state index contributed by atoms with van der Waals surface area (Å²) in [4.78, 5) is 25.5. The van der Waals surface area contributed by atoms with E-state index in [2.05, 4.69) is 11.2 Å². The van der Waals surface area contributed by atoms with Gasteiger partial charge in [-0.25, -0.2) is 0 Å². The smallest absolute Gasteiger partial charge is 0.249 e. The van der Waals surface area contributed by atoms with Crippen molar-refractivity contribution in [1.82, 2.24) is 10.2 Å². The van der Waals surface area contributed by atoms with Crippen LogP contribution in [-0.2, 0) is 9.59 Å². The van der Waals surface area contributed by atoms with E-state index in [1.807, 2.05) is 13.8 Å². The first-order valence-corrected chi connectivity index (χ1v) is 6.06. The van der Waals surface area contributed by atoms with Gasteiger partial charge in [0, 0.05) is 0 Å². The third-order valence-electron chi connectivity index (χ3n) is 3.30. The van der Waals surface area contributed by atoms with Crippen LogP contribution >= 0.6 is 0 Å². The van der Waals surface area contributed by atoms with E-state index in [0.717, 1.165) is 12.8 Å². The van der Waals surface area contributed by atoms with E-state index in [1.165, 1.54) is 4.90 Å². The first-order chi connectivity index (χ1) is 7.98. The molecular weight excluding hydrogens is 216 g/mol. The molecule has 1 aliphatic heterocycles. The number of hydrogen-bond acceptors (Lipinski definition) is 2. The van der Waals surface area contributed by atoms with Crippen LogP contribution in [0.15, 0.2) is 0 Å². The second-order valence-corrected chi connectivity index (χ2v) is 4.64. The molecule has 94 valence electrons. The van der Waals surface area contributed by atoms with Crippen LogP contribution in [0.2, 0.25) is 0 Å². The second kappa shape index (κ2) is 5.22. The molecule has 2 amide bonds. The molecule has 0 radical (unpaired) electrons. The summed E-state index contributed by atoms with van der Waals surface area (Å²) >= 11 is 0. The molecule has 1 saturated heterocycles. The van der Waals surface area contributed by atoms with E-state index in [-0.39, 0.29) is 24.4 Å². The summed E-state index contributed by atoms with van der Waals surface area (Å²) < 4.78 is 0. The van der Waals surface area contributed by atoms with Gasteiger partial charge in [-0.1, -0.05) is 26.2 Å². The molecule has 0 spiro atoms. The van der Waals surface area contributed by atoms with E-state index in [4.69, 9.17) is 6.42 Å². The Hall–Kier alpha value is -1.50. The van der Waals surface area contributed by atoms with Gasteiger partial charge in [0.05, 0.1) is 6.04 Å². The van der Waals surface area contributed by atoms with E-state index >= 15 is 0 Å². The summed E-state index contributed by atoms with van der Waals surface area (Å²) in [5.41, 5.74) is -0.807. The van der Waals surface area contributed by atoms with E-state index in [0.29, 0.717) is 6.42 Å². The molecule has 0 aromatic carbocycles. The summed E-state index contributed by atoms with van der Waals surface area (Å²) in [7, 11) is 0. The van der Waals surface area contributed by atoms with Gasteiger partial charge < -0.3 is 10.2 Å². The third-order valence-corrected chi connectivity index (χ3v) is 3.30. The van der Waals surface area contributed by atoms with Crippen molar-refractivity contribution in [2.75, 3.05) is 6.54 Å². The van der Waals surface area contributed by atoms with Gasteiger partial charge in [0.15, 0.2) is 0 Å². The summed E-state index contributed by atoms with van der Waals surface area (Å²) in [6, 6.07) is -0.274. The molecule has 1 heterocycles. The topological polar surface area (TPSA) is 49.4 Å². The number of rotatable bonds is 4. The number of amides is 2. The summed E-state index contributed by atoms with van der Waals surface area (Å²) in [6.45, 7) is 5.71. The minimum Gasteiger partial charge on any atom is -0.340 e. The molecule has 4 nitrogen and oxygen atoms in total. The lowest BCUT2D eigenvalue weighted by atomic mass is 9.93. The summed E-state index contributed by atoms with van der Waals surface area (Å²) in [5, 5.41) is 2.74. The van der Waals surface area contributed by atoms with Crippen molar-refractivity contribution in [3.05, 3.63) is 0 Å². The van der Waals surface area contributed by atoms with Crippen LogP contribution in [0, 0.1) is 12.3 Å². The van der Waals surface area contributed by atoms with Gasteiger partial charge in [0.2, 0.25) is 11.8 Å². The van der Waals surface area contributed by atoms with Crippen molar-refractivity contribution in [2.24, 2.45) is 0 Å². The first kappa shape index (κ1) is 13.6. The fraction of sp³-hybridized carbons (Fsp3) is 0.692. The van der Waals surface area contributed by atoms with E-state index < -0.39 is 5.54 Å². The Bertz CT molecular complexity index is 359. The molecule has 17 heavy (non-hydrogen) atoms. The van der Waals surface area contributed by atoms with Crippen LogP contribution in [0.5, 0.6) is 0 Å². The lowest BCUT2D eigenvalue weighted by molar-refractivity contribution is -0.150. The van der Waals surface area contributed by atoms with Gasteiger partial charge in [-0.2, -0.15) is 0 Å². The molecule has 0 aliphatic carbocycles. The highest BCUT2D eigenvalue weighted by atomic mass is 16.2. The molecule has 0 aromatic heterocycles. The normalized spacial score (nSPS) is 26.4. The average Bonchev–Trinajstić information content (AvgIpc) is 2.31. The number of terminal acetylenes is 1. The minimum atomic E-state index is -0.807. The van der Waals surface area contributed by atoms with Crippen LogP contribution in [0.4, 0.5) is 0 Å². The van der Waals surface area contributed by atoms with Crippen LogP contribution < -0.4 is 5.32 Å². The molecule has 0 aromatic rings. The average molecular weight is 236 g/mol. The van der Waals surface area contributed by atoms with E-state index in [9.17, 15) is 9.59 Å². The predicted molar refractivity (Wildman–Crippen MR) is 66.1 cm³/mol. The molecule has 4 heteroatoms. The van der Waals surface area contributed by atoms with Crippen LogP contribution in [0.25, 0.3) is 0 Å². The first-order valence-electron chi connectivity index (χ1n) is 6.06. The molecule has 2 unspecified atom stereocenters. The van der Waals surface area contributed by atoms with Gasteiger partial charge in [-0.05, 0) is 19.8 Å². The summed E-state index contributed by atoms with van der Waals surface area (Å²) in [6.07, 6.45) is 7.64. The molecule has 0 bridgehead atoms. The van der Waals surface area contributed by atoms with Crippen molar-refractivity contribution < 1.29 is 9.59 Å². The highest BCUT2D eigenvalue weighted by Gasteiger charge is 2.43. The fourth-order valence-electron chi connectivity index (χ4n) is 2.04. The van der Waals surface area contributed by atoms with Crippen molar-refractivity contribution in [1.29, 1.82) is 0 Å². The maximum absolute atomic E-state index is 12.3. The Morgan fingerprint density at radius 1 is 1.53 bits per heavy atom. The second-order valence-electron chi connectivity index (χ2n) is 4.64. The summed E-state index contributed by atoms with van der Waals surface area (Å²) in [5.74, 6) is 2.40. The standard InChI is InChI=1S/C13H20N2O2/c1-5-8-10(6-2)15-9-11(16)14-13(4,7-3)12(15)17/h2,10H,5,7-9H2,1,3-4H3,(H,14,16). The lowest BCUT2D eigenvalue weighted by Crippen LogP contribution is -2.66. The van der Waals surface area contributed by atoms with Gasteiger partial charge in [0.1, 0.15) is 12.1 Å². The molecule has 1 N–H and O–H groups in total. The van der Waals surface area contributed by atoms with Gasteiger partial charge in [-0.3, -0.25) is 9.59 Å². The Morgan fingerprint density at radius 3 is 2.65 bits per heavy atom. The molecule has 1 rings (SSSR count). The lowest BCUT2D eigenvalue weighted by Gasteiger charge is -2.41. The maximum Gasteiger partial charge on any atom is 0.249 e. The fourth-order valence-corrected chi connectivity index (χ4v) is 2.04. The molecular formula is C13H20N2O2. The Labute approximate surface area is 103 Å². The van der Waals surface area contributed by atoms with Crippen LogP contribution in [-0.4, -0.2) is 34.8 Å². The Kier molecular flexibility index (Phi) is 4.17. The number of hydrogen-bond donors (Lipinski definition) is 1. The monoisotopic (exact) mass is 236 g/mol. The SMILES string of the molecule is C#CC(CCC)N1CC(=O)NC(C)(CC)C1=O. The number of nitrogens with zero attached hydrogens (tertiary/aromatic N) is 1. The highest BCUT2D eigenvalue weighted by molar-refractivity contribution is 5.98. The van der Waals surface area contributed by atoms with Crippen molar-refractivity contribution in [2.45, 2.75) is 51.6 Å². The Balaban J connectivity index is 2.95. The van der Waals surface area contributed by atoms with Crippen LogP contribution in [0.1, 0.15) is 40.0 Å². The van der Waals surface area contributed by atoms with Crippen molar-refractivity contribution in [3.8, 4) is 12.3 Å². The minimum absolute atomic E-state index is 0.0727. The maximum atomic E-state index is 12.3. The number of nitrogens with one attached hydrogen (secondary N) is 1. The molecule has 1 fully saturated rings. The molecule has 0 saturated carbocycles. The largest absolute Gasteiger partial charge is 0.340 e. The highest BCUT2D eigenvalue weighted by Crippen LogP contribution is 2.21. The third kappa shape index (κ3) is 2.60. The quantitative estimate of drug-likeness (QED) is 0.738. The van der Waals surface area contributed by atoms with Crippen molar-refractivity contribution >= 4 is 11.8 Å². The zero-order valence-electron chi connectivity index (χ0n) is 10.7. The number of piperazine rings is 1. The zero-order valence-corrected chi connectivity index (χ0v) is 10.7. The van der Waals surface area contributed by atoms with E-state index in [1.54, 1.807) is 6.92 Å². The molecule has 2 atom stereocenters. The van der Waals surface area contributed by atoms with Gasteiger partial charge in [0.25, 0.3) is 0 Å². The van der Waals surface area contributed by atoms with Gasteiger partial charge >= 0.3 is 0 Å². The van der Waals surface area contributed by atoms with Crippen molar-refractivity contribution in [3.63, 3.8) is 0 Å².